The fourth-order valence-electron chi connectivity index (χ4n) is 2.32. The summed E-state index contributed by atoms with van der Waals surface area (Å²) in [5.41, 5.74) is 0.795. The van der Waals surface area contributed by atoms with Crippen LogP contribution in [0.2, 0.25) is 0 Å². The van der Waals surface area contributed by atoms with Gasteiger partial charge in [0.15, 0.2) is 0 Å². The first-order chi connectivity index (χ1) is 8.58. The molecule has 0 saturated heterocycles. The smallest absolute Gasteiger partial charge is 0.123 e. The molecule has 1 aromatic rings. The maximum Gasteiger partial charge on any atom is 0.123 e. The van der Waals surface area contributed by atoms with E-state index in [1.54, 1.807) is 12.1 Å². The minimum absolute atomic E-state index is 0.259. The molecule has 1 aliphatic carbocycles. The highest BCUT2D eigenvalue weighted by atomic mass is 19.1. The lowest BCUT2D eigenvalue weighted by Gasteiger charge is -2.25. The average molecular weight is 251 g/mol. The van der Waals surface area contributed by atoms with Crippen molar-refractivity contribution >= 4 is 0 Å². The molecule has 1 aliphatic rings. The zero-order valence-corrected chi connectivity index (χ0v) is 11.1. The number of halogens is 1. The minimum atomic E-state index is -0.501. The SMILES string of the molecule is CC(C1CC1)N(C)CCC(O)c1ccc(F)cc1. The highest BCUT2D eigenvalue weighted by molar-refractivity contribution is 5.18. The Morgan fingerprint density at radius 3 is 2.50 bits per heavy atom. The molecule has 1 saturated carbocycles. The number of aliphatic hydroxyl groups excluding tert-OH is 1. The van der Waals surface area contributed by atoms with Gasteiger partial charge in [0.2, 0.25) is 0 Å². The van der Waals surface area contributed by atoms with Gasteiger partial charge in [-0.15, -0.1) is 0 Å². The maximum atomic E-state index is 12.8. The summed E-state index contributed by atoms with van der Waals surface area (Å²) >= 11 is 0. The number of rotatable bonds is 6. The van der Waals surface area contributed by atoms with Gasteiger partial charge in [-0.2, -0.15) is 0 Å². The lowest BCUT2D eigenvalue weighted by Crippen LogP contribution is -2.32. The average Bonchev–Trinajstić information content (AvgIpc) is 3.19. The zero-order valence-electron chi connectivity index (χ0n) is 11.1. The van der Waals surface area contributed by atoms with E-state index in [9.17, 15) is 9.50 Å². The Morgan fingerprint density at radius 1 is 1.33 bits per heavy atom. The number of nitrogens with zero attached hydrogens (tertiary/aromatic N) is 1. The number of hydrogen-bond donors (Lipinski definition) is 1. The highest BCUT2D eigenvalue weighted by Crippen LogP contribution is 2.34. The zero-order chi connectivity index (χ0) is 13.1. The third kappa shape index (κ3) is 3.53. The lowest BCUT2D eigenvalue weighted by molar-refractivity contribution is 0.135. The van der Waals surface area contributed by atoms with Gasteiger partial charge in [-0.3, -0.25) is 0 Å². The molecule has 3 heteroatoms. The van der Waals surface area contributed by atoms with Gasteiger partial charge in [0.25, 0.3) is 0 Å². The van der Waals surface area contributed by atoms with Crippen molar-refractivity contribution in [3.63, 3.8) is 0 Å². The van der Waals surface area contributed by atoms with E-state index in [2.05, 4.69) is 18.9 Å². The first kappa shape index (κ1) is 13.5. The van der Waals surface area contributed by atoms with Crippen molar-refractivity contribution in [2.45, 2.75) is 38.3 Å². The molecule has 0 spiro atoms. The quantitative estimate of drug-likeness (QED) is 0.840. The third-order valence-corrected chi connectivity index (χ3v) is 4.01. The predicted octanol–water partition coefficient (Wildman–Crippen LogP) is 2.98. The second kappa shape index (κ2) is 5.81. The second-order valence-corrected chi connectivity index (χ2v) is 5.41. The molecule has 0 bridgehead atoms. The standard InChI is InChI=1S/C15H22FNO/c1-11(12-3-4-12)17(2)10-9-15(18)13-5-7-14(16)8-6-13/h5-8,11-12,15,18H,3-4,9-10H2,1-2H3. The summed E-state index contributed by atoms with van der Waals surface area (Å²) in [5.74, 6) is 0.586. The van der Waals surface area contributed by atoms with E-state index in [-0.39, 0.29) is 5.82 Å². The molecule has 1 aromatic carbocycles. The molecule has 0 aliphatic heterocycles. The minimum Gasteiger partial charge on any atom is -0.388 e. The van der Waals surface area contributed by atoms with Gasteiger partial charge in [0.05, 0.1) is 6.10 Å². The summed E-state index contributed by atoms with van der Waals surface area (Å²) in [7, 11) is 2.11. The van der Waals surface area contributed by atoms with E-state index in [1.807, 2.05) is 0 Å². The molecule has 100 valence electrons. The van der Waals surface area contributed by atoms with E-state index in [0.29, 0.717) is 12.5 Å². The normalized spacial score (nSPS) is 18.9. The summed E-state index contributed by atoms with van der Waals surface area (Å²) in [4.78, 5) is 2.31. The maximum absolute atomic E-state index is 12.8. The van der Waals surface area contributed by atoms with Crippen LogP contribution < -0.4 is 0 Å². The fourth-order valence-corrected chi connectivity index (χ4v) is 2.32. The van der Waals surface area contributed by atoms with Crippen LogP contribution in [0, 0.1) is 11.7 Å². The fraction of sp³-hybridized carbons (Fsp3) is 0.600. The largest absolute Gasteiger partial charge is 0.388 e. The van der Waals surface area contributed by atoms with Crippen LogP contribution in [0.25, 0.3) is 0 Å². The van der Waals surface area contributed by atoms with Gasteiger partial charge in [-0.05, 0) is 56.8 Å². The van der Waals surface area contributed by atoms with E-state index in [0.717, 1.165) is 18.0 Å². The van der Waals surface area contributed by atoms with Gasteiger partial charge in [-0.25, -0.2) is 4.39 Å². The van der Waals surface area contributed by atoms with Crippen LogP contribution >= 0.6 is 0 Å². The monoisotopic (exact) mass is 251 g/mol. The Morgan fingerprint density at radius 2 is 1.94 bits per heavy atom. The third-order valence-electron chi connectivity index (χ3n) is 4.01. The van der Waals surface area contributed by atoms with Crippen molar-refractivity contribution in [2.24, 2.45) is 5.92 Å². The van der Waals surface area contributed by atoms with Gasteiger partial charge in [0.1, 0.15) is 5.82 Å². The molecule has 1 N–H and O–H groups in total. The molecule has 2 rings (SSSR count). The molecule has 18 heavy (non-hydrogen) atoms. The van der Waals surface area contributed by atoms with Crippen molar-refractivity contribution in [1.82, 2.24) is 4.90 Å². The van der Waals surface area contributed by atoms with Crippen LogP contribution in [0.15, 0.2) is 24.3 Å². The van der Waals surface area contributed by atoms with Gasteiger partial charge >= 0.3 is 0 Å². The van der Waals surface area contributed by atoms with E-state index >= 15 is 0 Å². The first-order valence-corrected chi connectivity index (χ1v) is 6.71. The summed E-state index contributed by atoms with van der Waals surface area (Å²) in [6.45, 7) is 3.12. The van der Waals surface area contributed by atoms with Gasteiger partial charge in [-0.1, -0.05) is 12.1 Å². The Kier molecular flexibility index (Phi) is 4.36. The van der Waals surface area contributed by atoms with Crippen molar-refractivity contribution in [3.05, 3.63) is 35.6 Å². The predicted molar refractivity (Wildman–Crippen MR) is 70.8 cm³/mol. The topological polar surface area (TPSA) is 23.5 Å². The first-order valence-electron chi connectivity index (χ1n) is 6.71. The van der Waals surface area contributed by atoms with Crippen LogP contribution in [-0.2, 0) is 0 Å². The van der Waals surface area contributed by atoms with Crippen LogP contribution in [0.5, 0.6) is 0 Å². The van der Waals surface area contributed by atoms with Crippen LogP contribution in [-0.4, -0.2) is 29.6 Å². The number of benzene rings is 1. The molecule has 2 nitrogen and oxygen atoms in total. The molecule has 0 radical (unpaired) electrons. The van der Waals surface area contributed by atoms with E-state index in [4.69, 9.17) is 0 Å². The van der Waals surface area contributed by atoms with E-state index < -0.39 is 6.10 Å². The van der Waals surface area contributed by atoms with Crippen molar-refractivity contribution in [3.8, 4) is 0 Å². The molecule has 0 amide bonds. The lowest BCUT2D eigenvalue weighted by atomic mass is 10.1. The summed E-state index contributed by atoms with van der Waals surface area (Å²) in [6.07, 6.45) is 2.87. The molecule has 0 heterocycles. The van der Waals surface area contributed by atoms with Crippen molar-refractivity contribution in [2.75, 3.05) is 13.6 Å². The summed E-state index contributed by atoms with van der Waals surface area (Å²) in [6, 6.07) is 6.71. The van der Waals surface area contributed by atoms with Crippen LogP contribution in [0.1, 0.15) is 37.9 Å². The van der Waals surface area contributed by atoms with Crippen molar-refractivity contribution < 1.29 is 9.50 Å². The molecular weight excluding hydrogens is 229 g/mol. The second-order valence-electron chi connectivity index (χ2n) is 5.41. The molecule has 2 atom stereocenters. The Balaban J connectivity index is 1.80. The van der Waals surface area contributed by atoms with Gasteiger partial charge < -0.3 is 10.0 Å². The molecule has 1 fully saturated rings. The summed E-state index contributed by atoms with van der Waals surface area (Å²) < 4.78 is 12.8. The Bertz CT molecular complexity index is 375. The molecule has 2 unspecified atom stereocenters. The van der Waals surface area contributed by atoms with Crippen LogP contribution in [0.4, 0.5) is 4.39 Å². The molecular formula is C15H22FNO. The van der Waals surface area contributed by atoms with Crippen LogP contribution in [0.3, 0.4) is 0 Å². The van der Waals surface area contributed by atoms with E-state index in [1.165, 1.54) is 25.0 Å². The Labute approximate surface area is 108 Å². The van der Waals surface area contributed by atoms with Crippen molar-refractivity contribution in [1.29, 1.82) is 0 Å². The number of hydrogen-bond acceptors (Lipinski definition) is 2. The highest BCUT2D eigenvalue weighted by Gasteiger charge is 2.30. The number of aliphatic hydroxyl groups is 1. The van der Waals surface area contributed by atoms with Gasteiger partial charge in [0, 0.05) is 12.6 Å². The molecule has 0 aromatic heterocycles. The Hall–Kier alpha value is -0.930. The summed E-state index contributed by atoms with van der Waals surface area (Å²) in [5, 5.41) is 10.0.